The fourth-order valence-electron chi connectivity index (χ4n) is 4.84. The van der Waals surface area contributed by atoms with E-state index in [-0.39, 0.29) is 0 Å². The van der Waals surface area contributed by atoms with E-state index in [9.17, 15) is 0 Å². The number of aryl methyl sites for hydroxylation is 1. The number of hydrogen-bond donors (Lipinski definition) is 3. The van der Waals surface area contributed by atoms with E-state index in [0.29, 0.717) is 30.4 Å². The van der Waals surface area contributed by atoms with Gasteiger partial charge in [-0.2, -0.15) is 15.5 Å². The summed E-state index contributed by atoms with van der Waals surface area (Å²) in [5, 5.41) is 27.4. The fourth-order valence-corrected chi connectivity index (χ4v) is 4.84. The van der Waals surface area contributed by atoms with Crippen LogP contribution in [0.15, 0.2) is 24.5 Å². The Morgan fingerprint density at radius 3 is 2.83 bits per heavy atom. The summed E-state index contributed by atoms with van der Waals surface area (Å²) in [6.07, 6.45) is 8.90. The Balaban J connectivity index is 1.35. The maximum Gasteiger partial charge on any atom is 0.154 e. The van der Waals surface area contributed by atoms with E-state index in [1.54, 1.807) is 6.20 Å². The summed E-state index contributed by atoms with van der Waals surface area (Å²) in [6.45, 7) is 2.86. The van der Waals surface area contributed by atoms with E-state index in [0.717, 1.165) is 42.2 Å². The zero-order valence-corrected chi connectivity index (χ0v) is 16.5. The predicted octanol–water partition coefficient (Wildman–Crippen LogP) is 2.83. The Morgan fingerprint density at radius 2 is 2.10 bits per heavy atom. The summed E-state index contributed by atoms with van der Waals surface area (Å²) in [6, 6.07) is 7.71. The molecule has 0 spiro atoms. The molecule has 3 atom stereocenters. The van der Waals surface area contributed by atoms with Crippen LogP contribution in [-0.2, 0) is 0 Å². The van der Waals surface area contributed by atoms with Crippen LogP contribution in [0.1, 0.15) is 37.8 Å². The largest absolute Gasteiger partial charge is 0.365 e. The van der Waals surface area contributed by atoms with E-state index in [1.807, 2.05) is 29.8 Å². The van der Waals surface area contributed by atoms with Crippen molar-refractivity contribution in [1.29, 1.82) is 5.26 Å². The van der Waals surface area contributed by atoms with Crippen molar-refractivity contribution in [1.82, 2.24) is 29.7 Å². The van der Waals surface area contributed by atoms with Crippen molar-refractivity contribution in [2.45, 2.75) is 57.2 Å². The van der Waals surface area contributed by atoms with Gasteiger partial charge in [0.25, 0.3) is 0 Å². The highest BCUT2D eigenvalue weighted by Crippen LogP contribution is 2.37. The highest BCUT2D eigenvalue weighted by Gasteiger charge is 2.40. The van der Waals surface area contributed by atoms with Gasteiger partial charge in [0, 0.05) is 42.9 Å². The average molecular weight is 391 g/mol. The van der Waals surface area contributed by atoms with E-state index >= 15 is 0 Å². The molecule has 5 heterocycles. The number of aromatic amines is 1. The number of anilines is 3. The number of aromatic nitrogens is 5. The van der Waals surface area contributed by atoms with Crippen LogP contribution in [0, 0.1) is 18.3 Å². The van der Waals surface area contributed by atoms with Gasteiger partial charge in [-0.1, -0.05) is 0 Å². The van der Waals surface area contributed by atoms with Gasteiger partial charge in [-0.3, -0.25) is 10.00 Å². The van der Waals surface area contributed by atoms with Crippen molar-refractivity contribution < 1.29 is 0 Å². The molecular weight excluding hydrogens is 366 g/mol. The zero-order valence-electron chi connectivity index (χ0n) is 16.5. The van der Waals surface area contributed by atoms with Gasteiger partial charge in [0.05, 0.1) is 18.5 Å². The van der Waals surface area contributed by atoms with Gasteiger partial charge in [-0.25, -0.2) is 9.50 Å². The summed E-state index contributed by atoms with van der Waals surface area (Å²) >= 11 is 0. The van der Waals surface area contributed by atoms with Crippen molar-refractivity contribution in [3.05, 3.63) is 30.2 Å². The van der Waals surface area contributed by atoms with E-state index in [1.165, 1.54) is 12.8 Å². The lowest BCUT2D eigenvalue weighted by atomic mass is 9.97. The van der Waals surface area contributed by atoms with Crippen LogP contribution in [0.3, 0.4) is 0 Å². The molecule has 1 unspecified atom stereocenters. The lowest BCUT2D eigenvalue weighted by Crippen LogP contribution is -2.47. The topological polar surface area (TPSA) is 110 Å². The Bertz CT molecular complexity index is 1030. The highest BCUT2D eigenvalue weighted by molar-refractivity contribution is 5.70. The van der Waals surface area contributed by atoms with Crippen LogP contribution in [0.5, 0.6) is 0 Å². The zero-order chi connectivity index (χ0) is 19.8. The fraction of sp³-hybridized carbons (Fsp3) is 0.500. The lowest BCUT2D eigenvalue weighted by Gasteiger charge is -2.39. The molecule has 2 fully saturated rings. The molecule has 3 aromatic rings. The minimum Gasteiger partial charge on any atom is -0.365 e. The van der Waals surface area contributed by atoms with Crippen LogP contribution in [0.4, 0.5) is 17.5 Å². The summed E-state index contributed by atoms with van der Waals surface area (Å²) in [7, 11) is 0. The standard InChI is InChI=1S/C20H25N9/c1-13-9-18(27-26-13)24-19-12-29-17(5-7-22-29)20(25-19)23-14-10-15-3-4-16(11-14)28(15)8-2-6-21/h5,7,9,12,14-16H,2-4,8,10-11H2,1H3,(H,23,25)(H2,24,26,27)/t14?,15-,16+. The first-order chi connectivity index (χ1) is 14.2. The lowest BCUT2D eigenvalue weighted by molar-refractivity contribution is 0.136. The van der Waals surface area contributed by atoms with Gasteiger partial charge >= 0.3 is 0 Å². The summed E-state index contributed by atoms with van der Waals surface area (Å²) < 4.78 is 1.84. The molecule has 0 radical (unpaired) electrons. The maximum atomic E-state index is 8.93. The second-order valence-corrected chi connectivity index (χ2v) is 8.04. The quantitative estimate of drug-likeness (QED) is 0.593. The minimum absolute atomic E-state index is 0.375. The number of nitrogens with zero attached hydrogens (tertiary/aromatic N) is 6. The second-order valence-electron chi connectivity index (χ2n) is 8.04. The summed E-state index contributed by atoms with van der Waals surface area (Å²) in [5.41, 5.74) is 1.96. The van der Waals surface area contributed by atoms with Gasteiger partial charge < -0.3 is 10.6 Å². The second kappa shape index (κ2) is 7.37. The molecule has 2 aliphatic rings. The molecule has 5 rings (SSSR count). The number of rotatable bonds is 6. The number of nitrogens with one attached hydrogen (secondary N) is 3. The van der Waals surface area contributed by atoms with Crippen molar-refractivity contribution in [3.8, 4) is 6.07 Å². The highest BCUT2D eigenvalue weighted by atomic mass is 15.3. The minimum atomic E-state index is 0.375. The van der Waals surface area contributed by atoms with Crippen LogP contribution in [-0.4, -0.2) is 54.4 Å². The van der Waals surface area contributed by atoms with Crippen molar-refractivity contribution in [3.63, 3.8) is 0 Å². The van der Waals surface area contributed by atoms with E-state index in [2.05, 4.69) is 36.9 Å². The molecule has 0 amide bonds. The molecule has 3 aromatic heterocycles. The number of nitriles is 1. The van der Waals surface area contributed by atoms with E-state index in [4.69, 9.17) is 10.2 Å². The summed E-state index contributed by atoms with van der Waals surface area (Å²) in [4.78, 5) is 7.36. The first kappa shape index (κ1) is 17.9. The van der Waals surface area contributed by atoms with Gasteiger partial charge in [0.15, 0.2) is 17.5 Å². The number of piperidine rings is 1. The van der Waals surface area contributed by atoms with Gasteiger partial charge in [0.1, 0.15) is 5.52 Å². The van der Waals surface area contributed by atoms with Gasteiger partial charge in [0.2, 0.25) is 0 Å². The first-order valence-corrected chi connectivity index (χ1v) is 10.2. The van der Waals surface area contributed by atoms with Crippen LogP contribution in [0.25, 0.3) is 5.52 Å². The van der Waals surface area contributed by atoms with Crippen LogP contribution in [0.2, 0.25) is 0 Å². The Morgan fingerprint density at radius 1 is 1.28 bits per heavy atom. The van der Waals surface area contributed by atoms with Crippen LogP contribution < -0.4 is 10.6 Å². The molecule has 0 saturated carbocycles. The normalized spacial score (nSPS) is 23.9. The first-order valence-electron chi connectivity index (χ1n) is 10.2. The molecule has 150 valence electrons. The molecule has 0 aromatic carbocycles. The van der Waals surface area contributed by atoms with Crippen molar-refractivity contribution in [2.24, 2.45) is 0 Å². The number of hydrogen-bond acceptors (Lipinski definition) is 7. The van der Waals surface area contributed by atoms with Gasteiger partial charge in [-0.15, -0.1) is 0 Å². The number of fused-ring (bicyclic) bond motifs is 3. The molecular formula is C20H25N9. The Kier molecular flexibility index (Phi) is 4.56. The molecule has 2 aliphatic heterocycles. The Labute approximate surface area is 169 Å². The Hall–Kier alpha value is -3.12. The number of H-pyrrole nitrogens is 1. The third-order valence-electron chi connectivity index (χ3n) is 6.06. The SMILES string of the molecule is Cc1cc(Nc2cn3nccc3c(NC3C[C@H]4CC[C@@H](C3)N4CCC#N)n2)n[nH]1. The van der Waals surface area contributed by atoms with Crippen LogP contribution >= 0.6 is 0 Å². The average Bonchev–Trinajstić information content (AvgIpc) is 3.39. The monoisotopic (exact) mass is 391 g/mol. The molecule has 3 N–H and O–H groups in total. The third kappa shape index (κ3) is 3.51. The molecule has 29 heavy (non-hydrogen) atoms. The molecule has 2 saturated heterocycles. The molecule has 2 bridgehead atoms. The van der Waals surface area contributed by atoms with Gasteiger partial charge in [-0.05, 0) is 38.7 Å². The smallest absolute Gasteiger partial charge is 0.154 e. The maximum absolute atomic E-state index is 8.93. The predicted molar refractivity (Wildman–Crippen MR) is 110 cm³/mol. The van der Waals surface area contributed by atoms with Crippen molar-refractivity contribution in [2.75, 3.05) is 17.2 Å². The van der Waals surface area contributed by atoms with E-state index < -0.39 is 0 Å². The molecule has 9 heteroatoms. The summed E-state index contributed by atoms with van der Waals surface area (Å²) in [5.74, 6) is 2.27. The molecule has 9 nitrogen and oxygen atoms in total. The van der Waals surface area contributed by atoms with Crippen molar-refractivity contribution >= 4 is 23.0 Å². The molecule has 0 aliphatic carbocycles. The third-order valence-corrected chi connectivity index (χ3v) is 6.06.